The molecule has 0 unspecified atom stereocenters. The smallest absolute Gasteiger partial charge is 0.326 e. The molecule has 312 valence electrons. The van der Waals surface area contributed by atoms with Gasteiger partial charge in [0.2, 0.25) is 23.6 Å². The number of aliphatic carboxylic acids is 2. The number of aryl methyl sites for hydroxylation is 1. The maximum Gasteiger partial charge on any atom is 0.326 e. The second-order valence-electron chi connectivity index (χ2n) is 16.6. The van der Waals surface area contributed by atoms with Crippen molar-refractivity contribution in [2.24, 2.45) is 24.1 Å². The van der Waals surface area contributed by atoms with Gasteiger partial charge in [-0.3, -0.25) is 19.2 Å². The molecule has 56 heavy (non-hydrogen) atoms. The summed E-state index contributed by atoms with van der Waals surface area (Å²) in [4.78, 5) is 79.5. The topological polar surface area (TPSA) is 225 Å². The molecule has 0 saturated heterocycles. The molecule has 0 fully saturated rings. The Morgan fingerprint density at radius 3 is 2.02 bits per heavy atom. The normalized spacial score (nSPS) is 15.1. The van der Waals surface area contributed by atoms with E-state index in [4.69, 9.17) is 5.73 Å². The number of nitrogens with zero attached hydrogens (tertiary/aromatic N) is 2. The van der Waals surface area contributed by atoms with E-state index in [0.29, 0.717) is 19.4 Å². The second-order valence-corrected chi connectivity index (χ2v) is 16.6. The molecule has 0 aliphatic carbocycles. The van der Waals surface area contributed by atoms with E-state index >= 15 is 0 Å². The fourth-order valence-corrected chi connectivity index (χ4v) is 6.96. The Bertz CT molecular complexity index is 1740. The van der Waals surface area contributed by atoms with Crippen LogP contribution in [-0.2, 0) is 41.2 Å². The van der Waals surface area contributed by atoms with Crippen molar-refractivity contribution in [3.05, 3.63) is 47.7 Å². The number of carboxylic acid groups (broad SMARTS) is 2. The highest BCUT2D eigenvalue weighted by Gasteiger charge is 2.42. The summed E-state index contributed by atoms with van der Waals surface area (Å²) in [6.07, 6.45) is 4.28. The number of hydrogen-bond donors (Lipinski definition) is 7. The highest BCUT2D eigenvalue weighted by atomic mass is 16.4. The van der Waals surface area contributed by atoms with Crippen LogP contribution in [0.25, 0.3) is 10.9 Å². The maximum atomic E-state index is 14.3. The summed E-state index contributed by atoms with van der Waals surface area (Å²) in [5, 5.41) is 31.4. The van der Waals surface area contributed by atoms with Crippen LogP contribution in [-0.4, -0.2) is 106 Å². The zero-order chi connectivity index (χ0) is 42.7. The molecule has 0 aliphatic heterocycles. The van der Waals surface area contributed by atoms with Gasteiger partial charge >= 0.3 is 11.9 Å². The van der Waals surface area contributed by atoms with E-state index in [2.05, 4.69) is 21.3 Å². The number of aromatic nitrogens is 1. The highest BCUT2D eigenvalue weighted by molar-refractivity contribution is 5.96. The third kappa shape index (κ3) is 12.4. The van der Waals surface area contributed by atoms with Crippen molar-refractivity contribution in [3.63, 3.8) is 0 Å². The number of carbonyl (C=O) groups is 6. The Labute approximate surface area is 331 Å². The zero-order valence-corrected chi connectivity index (χ0v) is 35.0. The van der Waals surface area contributed by atoms with Gasteiger partial charge in [-0.25, -0.2) is 9.59 Å². The Balaban J connectivity index is 2.26. The Hall–Kier alpha value is -4.76. The Morgan fingerprint density at radius 2 is 1.48 bits per heavy atom. The summed E-state index contributed by atoms with van der Waals surface area (Å²) in [7, 11) is 5.29. The minimum atomic E-state index is -1.44. The number of nitrogens with two attached hydrogens (primary N) is 1. The van der Waals surface area contributed by atoms with E-state index < -0.39 is 64.8 Å². The number of hydrogen-bond acceptors (Lipinski definition) is 8. The minimum Gasteiger partial charge on any atom is -0.480 e. The van der Waals surface area contributed by atoms with Crippen LogP contribution in [0.4, 0.5) is 0 Å². The lowest BCUT2D eigenvalue weighted by molar-refractivity contribution is -0.143. The highest BCUT2D eigenvalue weighted by Crippen LogP contribution is 2.35. The van der Waals surface area contributed by atoms with Gasteiger partial charge in [0.15, 0.2) is 0 Å². The average molecular weight is 784 g/mol. The van der Waals surface area contributed by atoms with E-state index in [9.17, 15) is 39.0 Å². The number of para-hydroxylation sites is 1. The number of carboxylic acids is 2. The first-order chi connectivity index (χ1) is 26.0. The number of benzene rings is 1. The lowest BCUT2D eigenvalue weighted by Gasteiger charge is -2.39. The number of likely N-dealkylation sites (N-methyl/N-ethyl adjacent to an activating group) is 2. The lowest BCUT2D eigenvalue weighted by Crippen LogP contribution is -2.61. The van der Waals surface area contributed by atoms with Gasteiger partial charge in [-0.05, 0) is 69.2 Å². The second kappa shape index (κ2) is 20.4. The monoisotopic (exact) mass is 783 g/mol. The summed E-state index contributed by atoms with van der Waals surface area (Å²) in [6.45, 7) is 15.2. The van der Waals surface area contributed by atoms with Crippen molar-refractivity contribution >= 4 is 46.5 Å². The molecule has 0 radical (unpaired) electrons. The third-order valence-electron chi connectivity index (χ3n) is 10.4. The van der Waals surface area contributed by atoms with Gasteiger partial charge in [0.05, 0.1) is 12.1 Å². The van der Waals surface area contributed by atoms with Crippen molar-refractivity contribution < 1.29 is 39.0 Å². The molecule has 8 N–H and O–H groups in total. The molecule has 15 nitrogen and oxygen atoms in total. The molecule has 5 atom stereocenters. The van der Waals surface area contributed by atoms with Crippen LogP contribution >= 0.6 is 0 Å². The quantitative estimate of drug-likeness (QED) is 0.0724. The molecule has 1 aromatic heterocycles. The molecule has 2 rings (SSSR count). The molecule has 0 saturated carbocycles. The molecule has 4 amide bonds. The van der Waals surface area contributed by atoms with Gasteiger partial charge in [-0.1, -0.05) is 72.7 Å². The van der Waals surface area contributed by atoms with E-state index in [-0.39, 0.29) is 42.6 Å². The van der Waals surface area contributed by atoms with Crippen molar-refractivity contribution in [1.82, 2.24) is 30.7 Å². The SMILES string of the molecule is CN[C@H](C(=O)N[C@H](C(=O)N(C)[C@H](/C=C(\C)C(=O)N[C@H](CCC(=O)N[C@H](CCCCN)C(=O)O)C(=O)O)C(C)C)C(C)(C)C)C(C)(C)c1cn(C)c2ccccc12. The molecule has 0 aliphatic rings. The number of amides is 4. The lowest BCUT2D eigenvalue weighted by atomic mass is 9.76. The van der Waals surface area contributed by atoms with Gasteiger partial charge in [0, 0.05) is 48.6 Å². The van der Waals surface area contributed by atoms with E-state index in [1.165, 1.54) is 11.8 Å². The van der Waals surface area contributed by atoms with Crippen LogP contribution in [0.2, 0.25) is 0 Å². The van der Waals surface area contributed by atoms with Crippen LogP contribution in [0.5, 0.6) is 0 Å². The van der Waals surface area contributed by atoms with Crippen LogP contribution in [0.3, 0.4) is 0 Å². The molecule has 1 aromatic carbocycles. The van der Waals surface area contributed by atoms with Crippen LogP contribution in [0, 0.1) is 11.3 Å². The maximum absolute atomic E-state index is 14.3. The summed E-state index contributed by atoms with van der Waals surface area (Å²) < 4.78 is 2.03. The molecule has 2 aromatic rings. The first-order valence-corrected chi connectivity index (χ1v) is 19.2. The van der Waals surface area contributed by atoms with Crippen LogP contribution in [0.1, 0.15) is 93.1 Å². The standard InChI is InChI=1S/C41H65N7O8/c1-24(2)31(22-25(3)35(50)45-29(39(55)56)19-20-32(49)44-28(38(53)54)17-14-15-21-42)48(11)37(52)34(40(4,5)6)46-36(51)33(43-9)41(7,8)27-23-47(10)30-18-13-12-16-26(27)30/h12-13,16,18,22-24,28-29,31,33-34,43H,14-15,17,19-21,42H2,1-11H3,(H,44,49)(H,45,50)(H,46,51)(H,53,54)(H,55,56)/b25-22+/t28-,29-,31-,33-,34-/m1/s1. The average Bonchev–Trinajstić information content (AvgIpc) is 3.46. The molecule has 0 bridgehead atoms. The number of unbranched alkanes of at least 4 members (excludes halogenated alkanes) is 1. The predicted octanol–water partition coefficient (Wildman–Crippen LogP) is 3.05. The van der Waals surface area contributed by atoms with E-state index in [1.807, 2.05) is 90.5 Å². The molecule has 15 heteroatoms. The number of rotatable bonds is 21. The molecular weight excluding hydrogens is 718 g/mol. The van der Waals surface area contributed by atoms with Crippen LogP contribution in [0.15, 0.2) is 42.1 Å². The predicted molar refractivity (Wildman–Crippen MR) is 217 cm³/mol. The summed E-state index contributed by atoms with van der Waals surface area (Å²) in [5.41, 5.74) is 6.23. The van der Waals surface area contributed by atoms with E-state index in [0.717, 1.165) is 16.5 Å². The van der Waals surface area contributed by atoms with Crippen molar-refractivity contribution in [3.8, 4) is 0 Å². The summed E-state index contributed by atoms with van der Waals surface area (Å²) >= 11 is 0. The minimum absolute atomic E-state index is 0.147. The number of nitrogens with one attached hydrogen (secondary N) is 4. The van der Waals surface area contributed by atoms with Gasteiger partial charge < -0.3 is 46.7 Å². The molecule has 0 spiro atoms. The first-order valence-electron chi connectivity index (χ1n) is 19.2. The fraction of sp³-hybridized carbons (Fsp3) is 0.610. The van der Waals surface area contributed by atoms with Gasteiger partial charge in [0.25, 0.3) is 0 Å². The fourth-order valence-electron chi connectivity index (χ4n) is 6.96. The Kier molecular flexibility index (Phi) is 17.3. The van der Waals surface area contributed by atoms with Gasteiger partial charge in [-0.15, -0.1) is 0 Å². The van der Waals surface area contributed by atoms with Gasteiger partial charge in [0.1, 0.15) is 18.1 Å². The van der Waals surface area contributed by atoms with Gasteiger partial charge in [-0.2, -0.15) is 0 Å². The van der Waals surface area contributed by atoms with Crippen molar-refractivity contribution in [2.45, 2.75) is 123 Å². The molecule has 1 heterocycles. The first kappa shape index (κ1) is 47.4. The van der Waals surface area contributed by atoms with Crippen molar-refractivity contribution in [2.75, 3.05) is 20.6 Å². The zero-order valence-electron chi connectivity index (χ0n) is 35.0. The number of carbonyl (C=O) groups excluding carboxylic acids is 4. The largest absolute Gasteiger partial charge is 0.480 e. The van der Waals surface area contributed by atoms with Crippen molar-refractivity contribution in [1.29, 1.82) is 0 Å². The Morgan fingerprint density at radius 1 is 0.893 bits per heavy atom. The number of fused-ring (bicyclic) bond motifs is 1. The van der Waals surface area contributed by atoms with E-state index in [1.54, 1.807) is 20.2 Å². The third-order valence-corrected chi connectivity index (χ3v) is 10.4. The summed E-state index contributed by atoms with van der Waals surface area (Å²) in [5.74, 6) is -4.84. The van der Waals surface area contributed by atoms with Crippen LogP contribution < -0.4 is 27.0 Å². The molecular formula is C41H65N7O8. The summed E-state index contributed by atoms with van der Waals surface area (Å²) in [6, 6.07) is 3.13.